The SMILES string of the molecule is c1ccc(-c2cc3cc4ccccc4c4c3c(n2)-c2ccccc2-4)cc1. The van der Waals surface area contributed by atoms with Gasteiger partial charge in [0.05, 0.1) is 11.4 Å². The number of benzene rings is 4. The molecule has 0 amide bonds. The molecule has 0 fully saturated rings. The van der Waals surface area contributed by atoms with Gasteiger partial charge in [-0.05, 0) is 33.9 Å². The van der Waals surface area contributed by atoms with E-state index in [0.717, 1.165) is 17.0 Å². The second-order valence-corrected chi connectivity index (χ2v) is 6.84. The van der Waals surface area contributed by atoms with E-state index in [2.05, 4.69) is 84.9 Å². The first-order valence-electron chi connectivity index (χ1n) is 8.92. The number of nitrogens with zero attached hydrogens (tertiary/aromatic N) is 1. The van der Waals surface area contributed by atoms with Crippen LogP contribution in [0.5, 0.6) is 0 Å². The van der Waals surface area contributed by atoms with Gasteiger partial charge in [0.15, 0.2) is 0 Å². The van der Waals surface area contributed by atoms with Gasteiger partial charge in [-0.15, -0.1) is 0 Å². The van der Waals surface area contributed by atoms with Crippen LogP contribution in [0, 0.1) is 0 Å². The minimum atomic E-state index is 1.03. The van der Waals surface area contributed by atoms with Gasteiger partial charge in [0, 0.05) is 22.1 Å². The molecule has 0 atom stereocenters. The first-order valence-corrected chi connectivity index (χ1v) is 8.92. The summed E-state index contributed by atoms with van der Waals surface area (Å²) in [5.74, 6) is 0. The molecule has 1 aliphatic rings. The summed E-state index contributed by atoms with van der Waals surface area (Å²) >= 11 is 0. The molecule has 0 saturated heterocycles. The summed E-state index contributed by atoms with van der Waals surface area (Å²) in [5, 5.41) is 5.13. The van der Waals surface area contributed by atoms with E-state index in [1.165, 1.54) is 38.2 Å². The van der Waals surface area contributed by atoms with E-state index in [0.29, 0.717) is 0 Å². The van der Waals surface area contributed by atoms with Gasteiger partial charge < -0.3 is 0 Å². The number of fused-ring (bicyclic) bond motifs is 5. The smallest absolute Gasteiger partial charge is 0.0800 e. The van der Waals surface area contributed by atoms with Crippen molar-refractivity contribution in [3.63, 3.8) is 0 Å². The monoisotopic (exact) mass is 329 g/mol. The Kier molecular flexibility index (Phi) is 2.67. The Balaban J connectivity index is 1.82. The van der Waals surface area contributed by atoms with Gasteiger partial charge in [-0.2, -0.15) is 0 Å². The molecular weight excluding hydrogens is 314 g/mol. The highest BCUT2D eigenvalue weighted by atomic mass is 14.7. The maximum absolute atomic E-state index is 5.09. The summed E-state index contributed by atoms with van der Waals surface area (Å²) in [5.41, 5.74) is 7.16. The summed E-state index contributed by atoms with van der Waals surface area (Å²) in [6.07, 6.45) is 0. The van der Waals surface area contributed by atoms with E-state index in [4.69, 9.17) is 4.98 Å². The minimum Gasteiger partial charge on any atom is -0.247 e. The fourth-order valence-corrected chi connectivity index (χ4v) is 4.23. The lowest BCUT2D eigenvalue weighted by molar-refractivity contribution is 1.36. The highest BCUT2D eigenvalue weighted by molar-refractivity contribution is 6.23. The van der Waals surface area contributed by atoms with Crippen LogP contribution in [0.1, 0.15) is 0 Å². The molecule has 4 aromatic carbocycles. The molecule has 1 heterocycles. The number of pyridine rings is 1. The Morgan fingerprint density at radius 1 is 0.577 bits per heavy atom. The quantitative estimate of drug-likeness (QED) is 0.306. The summed E-state index contributed by atoms with van der Waals surface area (Å²) in [6, 6.07) is 32.3. The molecular formula is C25H15N. The summed E-state index contributed by atoms with van der Waals surface area (Å²) in [6.45, 7) is 0. The Bertz CT molecular complexity index is 1320. The van der Waals surface area contributed by atoms with Crippen LogP contribution in [0.2, 0.25) is 0 Å². The zero-order valence-electron chi connectivity index (χ0n) is 14.1. The summed E-state index contributed by atoms with van der Waals surface area (Å²) in [7, 11) is 0. The highest BCUT2D eigenvalue weighted by Gasteiger charge is 2.25. The van der Waals surface area contributed by atoms with Gasteiger partial charge in [0.25, 0.3) is 0 Å². The maximum Gasteiger partial charge on any atom is 0.0800 e. The van der Waals surface area contributed by atoms with Crippen LogP contribution < -0.4 is 0 Å². The lowest BCUT2D eigenvalue weighted by Crippen LogP contribution is -1.88. The number of hydrogen-bond acceptors (Lipinski definition) is 1. The minimum absolute atomic E-state index is 1.03. The van der Waals surface area contributed by atoms with E-state index in [9.17, 15) is 0 Å². The summed E-state index contributed by atoms with van der Waals surface area (Å²) < 4.78 is 0. The number of rotatable bonds is 1. The van der Waals surface area contributed by atoms with Crippen LogP contribution in [0.4, 0.5) is 0 Å². The number of hydrogen-bond donors (Lipinski definition) is 0. The van der Waals surface area contributed by atoms with Crippen LogP contribution in [-0.4, -0.2) is 4.98 Å². The van der Waals surface area contributed by atoms with Crippen molar-refractivity contribution in [1.29, 1.82) is 0 Å². The molecule has 0 saturated carbocycles. The topological polar surface area (TPSA) is 12.9 Å². The Morgan fingerprint density at radius 2 is 1.31 bits per heavy atom. The van der Waals surface area contributed by atoms with E-state index >= 15 is 0 Å². The first-order chi connectivity index (χ1) is 12.9. The zero-order valence-corrected chi connectivity index (χ0v) is 14.1. The molecule has 6 rings (SSSR count). The Morgan fingerprint density at radius 3 is 2.19 bits per heavy atom. The van der Waals surface area contributed by atoms with Crippen molar-refractivity contribution in [3.8, 4) is 33.6 Å². The second-order valence-electron chi connectivity index (χ2n) is 6.84. The molecule has 0 radical (unpaired) electrons. The van der Waals surface area contributed by atoms with Gasteiger partial charge in [-0.3, -0.25) is 0 Å². The van der Waals surface area contributed by atoms with Crippen molar-refractivity contribution in [1.82, 2.24) is 4.98 Å². The molecule has 0 unspecified atom stereocenters. The van der Waals surface area contributed by atoms with Crippen molar-refractivity contribution in [2.45, 2.75) is 0 Å². The largest absolute Gasteiger partial charge is 0.247 e. The van der Waals surface area contributed by atoms with Crippen molar-refractivity contribution in [2.75, 3.05) is 0 Å². The van der Waals surface area contributed by atoms with E-state index < -0.39 is 0 Å². The second kappa shape index (κ2) is 5.03. The molecule has 1 nitrogen and oxygen atoms in total. The third-order valence-electron chi connectivity index (χ3n) is 5.36. The van der Waals surface area contributed by atoms with Crippen LogP contribution in [-0.2, 0) is 0 Å². The molecule has 1 heteroatoms. The fraction of sp³-hybridized carbons (Fsp3) is 0. The van der Waals surface area contributed by atoms with Crippen molar-refractivity contribution >= 4 is 21.5 Å². The Hall–Kier alpha value is -3.45. The highest BCUT2D eigenvalue weighted by Crippen LogP contribution is 2.50. The van der Waals surface area contributed by atoms with Crippen LogP contribution in [0.15, 0.2) is 91.0 Å². The molecule has 26 heavy (non-hydrogen) atoms. The van der Waals surface area contributed by atoms with Gasteiger partial charge in [-0.25, -0.2) is 4.98 Å². The fourth-order valence-electron chi connectivity index (χ4n) is 4.23. The van der Waals surface area contributed by atoms with Crippen LogP contribution in [0.3, 0.4) is 0 Å². The van der Waals surface area contributed by atoms with Crippen LogP contribution in [0.25, 0.3) is 55.2 Å². The zero-order chi connectivity index (χ0) is 17.1. The summed E-state index contributed by atoms with van der Waals surface area (Å²) in [4.78, 5) is 5.09. The van der Waals surface area contributed by atoms with Crippen molar-refractivity contribution in [3.05, 3.63) is 91.0 Å². The molecule has 1 aliphatic carbocycles. The van der Waals surface area contributed by atoms with Crippen molar-refractivity contribution < 1.29 is 0 Å². The van der Waals surface area contributed by atoms with E-state index in [-0.39, 0.29) is 0 Å². The molecule has 0 bridgehead atoms. The maximum atomic E-state index is 5.09. The molecule has 5 aromatic rings. The van der Waals surface area contributed by atoms with E-state index in [1.807, 2.05) is 6.07 Å². The predicted molar refractivity (Wildman–Crippen MR) is 109 cm³/mol. The van der Waals surface area contributed by atoms with Gasteiger partial charge >= 0.3 is 0 Å². The van der Waals surface area contributed by atoms with E-state index in [1.54, 1.807) is 0 Å². The normalized spacial score (nSPS) is 11.8. The van der Waals surface area contributed by atoms with Crippen LogP contribution >= 0.6 is 0 Å². The van der Waals surface area contributed by atoms with Gasteiger partial charge in [-0.1, -0.05) is 78.9 Å². The standard InChI is InChI=1S/C25H15N/c1-2-8-16(9-3-1)22-15-18-14-17-10-4-5-11-19(17)24-20-12-6-7-13-21(20)25(26-22)23(18)24/h1-15H. The average Bonchev–Trinajstić information content (AvgIpc) is 3.05. The van der Waals surface area contributed by atoms with Gasteiger partial charge in [0.2, 0.25) is 0 Å². The molecule has 1 aromatic heterocycles. The first kappa shape index (κ1) is 13.8. The van der Waals surface area contributed by atoms with Crippen molar-refractivity contribution in [2.24, 2.45) is 0 Å². The predicted octanol–water partition coefficient (Wildman–Crippen LogP) is 6.70. The third-order valence-corrected chi connectivity index (χ3v) is 5.36. The molecule has 0 aliphatic heterocycles. The lowest BCUT2D eigenvalue weighted by Gasteiger charge is -2.09. The number of aromatic nitrogens is 1. The lowest BCUT2D eigenvalue weighted by atomic mass is 9.96. The molecule has 120 valence electrons. The van der Waals surface area contributed by atoms with Gasteiger partial charge in [0.1, 0.15) is 0 Å². The Labute approximate surface area is 151 Å². The average molecular weight is 329 g/mol. The third kappa shape index (κ3) is 1.77. The molecule has 0 N–H and O–H groups in total. The molecule has 0 spiro atoms.